The zero-order chi connectivity index (χ0) is 14.7. The SMILES string of the molecule is O=C1CCSc2c1cccc2C(=O)NC1CCCCCC1. The molecule has 4 heteroatoms. The van der Waals surface area contributed by atoms with Crippen LogP contribution in [-0.2, 0) is 0 Å². The minimum Gasteiger partial charge on any atom is -0.349 e. The van der Waals surface area contributed by atoms with Crippen LogP contribution in [0.2, 0.25) is 0 Å². The van der Waals surface area contributed by atoms with E-state index < -0.39 is 0 Å². The molecule has 1 aliphatic heterocycles. The maximum atomic E-state index is 12.6. The van der Waals surface area contributed by atoms with E-state index in [9.17, 15) is 9.59 Å². The van der Waals surface area contributed by atoms with Gasteiger partial charge in [-0.05, 0) is 18.9 Å². The van der Waals surface area contributed by atoms with Crippen molar-refractivity contribution in [2.75, 3.05) is 5.75 Å². The van der Waals surface area contributed by atoms with Crippen molar-refractivity contribution in [2.45, 2.75) is 55.9 Å². The van der Waals surface area contributed by atoms with Gasteiger partial charge in [0.1, 0.15) is 0 Å². The van der Waals surface area contributed by atoms with Gasteiger partial charge in [-0.3, -0.25) is 9.59 Å². The second-order valence-corrected chi connectivity index (χ2v) is 6.97. The normalized spacial score (nSPS) is 19.7. The lowest BCUT2D eigenvalue weighted by Crippen LogP contribution is -2.35. The van der Waals surface area contributed by atoms with E-state index in [4.69, 9.17) is 0 Å². The van der Waals surface area contributed by atoms with Gasteiger partial charge in [-0.1, -0.05) is 37.8 Å². The van der Waals surface area contributed by atoms with Crippen LogP contribution < -0.4 is 5.32 Å². The van der Waals surface area contributed by atoms with Crippen LogP contribution in [0, 0.1) is 0 Å². The molecule has 0 atom stereocenters. The minimum absolute atomic E-state index is 0.0130. The average molecular weight is 303 g/mol. The number of carbonyl (C=O) groups excluding carboxylic acids is 2. The molecule has 0 saturated heterocycles. The smallest absolute Gasteiger partial charge is 0.252 e. The molecule has 112 valence electrons. The summed E-state index contributed by atoms with van der Waals surface area (Å²) in [7, 11) is 0. The molecule has 1 heterocycles. The number of amides is 1. The molecule has 0 radical (unpaired) electrons. The standard InChI is InChI=1S/C17H21NO2S/c19-15-10-11-21-16-13(15)8-5-9-14(16)17(20)18-12-6-3-1-2-4-7-12/h5,8-9,12H,1-4,6-7,10-11H2,(H,18,20). The molecule has 1 aromatic carbocycles. The Kier molecular flexibility index (Phi) is 4.63. The second kappa shape index (κ2) is 6.65. The van der Waals surface area contributed by atoms with Crippen LogP contribution in [0.1, 0.15) is 65.7 Å². The van der Waals surface area contributed by atoms with E-state index in [1.165, 1.54) is 25.7 Å². The number of carbonyl (C=O) groups is 2. The Labute approximate surface area is 129 Å². The van der Waals surface area contributed by atoms with Crippen molar-refractivity contribution in [2.24, 2.45) is 0 Å². The highest BCUT2D eigenvalue weighted by atomic mass is 32.2. The van der Waals surface area contributed by atoms with E-state index in [2.05, 4.69) is 5.32 Å². The van der Waals surface area contributed by atoms with Gasteiger partial charge < -0.3 is 5.32 Å². The predicted octanol–water partition coefficient (Wildman–Crippen LogP) is 3.82. The summed E-state index contributed by atoms with van der Waals surface area (Å²) in [6.07, 6.45) is 7.68. The van der Waals surface area contributed by atoms with Gasteiger partial charge in [-0.25, -0.2) is 0 Å². The molecular weight excluding hydrogens is 282 g/mol. The summed E-state index contributed by atoms with van der Waals surface area (Å²) in [4.78, 5) is 25.4. The summed E-state index contributed by atoms with van der Waals surface area (Å²) in [5.41, 5.74) is 1.40. The summed E-state index contributed by atoms with van der Waals surface area (Å²) in [5.74, 6) is 0.924. The molecule has 2 aliphatic rings. The molecular formula is C17H21NO2S. The fraction of sp³-hybridized carbons (Fsp3) is 0.529. The van der Waals surface area contributed by atoms with Gasteiger partial charge in [0.15, 0.2) is 5.78 Å². The van der Waals surface area contributed by atoms with Crippen LogP contribution in [0.4, 0.5) is 0 Å². The molecule has 0 aromatic heterocycles. The third-order valence-electron chi connectivity index (χ3n) is 4.33. The van der Waals surface area contributed by atoms with Gasteiger partial charge in [0.2, 0.25) is 0 Å². The van der Waals surface area contributed by atoms with Crippen LogP contribution in [0.5, 0.6) is 0 Å². The minimum atomic E-state index is -0.0130. The van der Waals surface area contributed by atoms with Crippen molar-refractivity contribution in [1.29, 1.82) is 0 Å². The maximum Gasteiger partial charge on any atom is 0.252 e. The lowest BCUT2D eigenvalue weighted by atomic mass is 10.0. The third kappa shape index (κ3) is 3.31. The number of thioether (sulfide) groups is 1. The van der Waals surface area contributed by atoms with E-state index in [1.54, 1.807) is 11.8 Å². The maximum absolute atomic E-state index is 12.6. The molecule has 1 fully saturated rings. The van der Waals surface area contributed by atoms with E-state index in [0.717, 1.165) is 29.1 Å². The van der Waals surface area contributed by atoms with E-state index >= 15 is 0 Å². The average Bonchev–Trinajstić information content (AvgIpc) is 2.76. The Morgan fingerprint density at radius 2 is 1.90 bits per heavy atom. The van der Waals surface area contributed by atoms with Crippen LogP contribution in [0.3, 0.4) is 0 Å². The molecule has 1 amide bonds. The Bertz CT molecular complexity index is 548. The summed E-state index contributed by atoms with van der Waals surface area (Å²) < 4.78 is 0. The molecule has 21 heavy (non-hydrogen) atoms. The van der Waals surface area contributed by atoms with Crippen molar-refractivity contribution >= 4 is 23.5 Å². The van der Waals surface area contributed by atoms with Crippen LogP contribution >= 0.6 is 11.8 Å². The predicted molar refractivity (Wildman–Crippen MR) is 85.1 cm³/mol. The Hall–Kier alpha value is -1.29. The zero-order valence-corrected chi connectivity index (χ0v) is 13.0. The van der Waals surface area contributed by atoms with Crippen LogP contribution in [0.15, 0.2) is 23.1 Å². The monoisotopic (exact) mass is 303 g/mol. The number of nitrogens with one attached hydrogen (secondary N) is 1. The first-order valence-corrected chi connectivity index (χ1v) is 8.84. The highest BCUT2D eigenvalue weighted by molar-refractivity contribution is 7.99. The molecule has 0 bridgehead atoms. The molecule has 1 N–H and O–H groups in total. The fourth-order valence-electron chi connectivity index (χ4n) is 3.16. The third-order valence-corrected chi connectivity index (χ3v) is 5.46. The van der Waals surface area contributed by atoms with Crippen molar-refractivity contribution in [3.8, 4) is 0 Å². The first-order chi connectivity index (χ1) is 10.3. The van der Waals surface area contributed by atoms with Crippen LogP contribution in [0.25, 0.3) is 0 Å². The molecule has 1 aliphatic carbocycles. The van der Waals surface area contributed by atoms with Crippen molar-refractivity contribution < 1.29 is 9.59 Å². The van der Waals surface area contributed by atoms with Gasteiger partial charge in [-0.2, -0.15) is 0 Å². The zero-order valence-electron chi connectivity index (χ0n) is 12.2. The molecule has 1 aromatic rings. The molecule has 0 spiro atoms. The molecule has 3 rings (SSSR count). The van der Waals surface area contributed by atoms with Crippen molar-refractivity contribution in [3.63, 3.8) is 0 Å². The summed E-state index contributed by atoms with van der Waals surface area (Å²) >= 11 is 1.63. The molecule has 0 unspecified atom stereocenters. The number of ketones is 1. The lowest BCUT2D eigenvalue weighted by molar-refractivity contribution is 0.0930. The number of fused-ring (bicyclic) bond motifs is 1. The van der Waals surface area contributed by atoms with E-state index in [1.807, 2.05) is 18.2 Å². The largest absolute Gasteiger partial charge is 0.349 e. The Morgan fingerprint density at radius 3 is 2.67 bits per heavy atom. The fourth-order valence-corrected chi connectivity index (χ4v) is 4.30. The first kappa shape index (κ1) is 14.6. The van der Waals surface area contributed by atoms with Gasteiger partial charge in [-0.15, -0.1) is 11.8 Å². The quantitative estimate of drug-likeness (QED) is 0.845. The number of hydrogen-bond acceptors (Lipinski definition) is 3. The molecule has 3 nitrogen and oxygen atoms in total. The van der Waals surface area contributed by atoms with E-state index in [0.29, 0.717) is 18.0 Å². The highest BCUT2D eigenvalue weighted by Crippen LogP contribution is 2.33. The van der Waals surface area contributed by atoms with Gasteiger partial charge in [0, 0.05) is 28.7 Å². The number of Topliss-reactive ketones (excluding diaryl/α,β-unsaturated/α-hetero) is 1. The van der Waals surface area contributed by atoms with E-state index in [-0.39, 0.29) is 11.7 Å². The summed E-state index contributed by atoms with van der Waals surface area (Å²) in [5, 5.41) is 3.18. The topological polar surface area (TPSA) is 46.2 Å². The summed E-state index contributed by atoms with van der Waals surface area (Å²) in [6.45, 7) is 0. The first-order valence-electron chi connectivity index (χ1n) is 7.85. The van der Waals surface area contributed by atoms with Gasteiger partial charge in [0.25, 0.3) is 5.91 Å². The van der Waals surface area contributed by atoms with Gasteiger partial charge in [0.05, 0.1) is 5.56 Å². The Balaban J connectivity index is 1.78. The summed E-state index contributed by atoms with van der Waals surface area (Å²) in [6, 6.07) is 5.80. The number of rotatable bonds is 2. The molecule has 1 saturated carbocycles. The van der Waals surface area contributed by atoms with Crippen molar-refractivity contribution in [1.82, 2.24) is 5.32 Å². The Morgan fingerprint density at radius 1 is 1.14 bits per heavy atom. The number of hydrogen-bond donors (Lipinski definition) is 1. The van der Waals surface area contributed by atoms with Crippen molar-refractivity contribution in [3.05, 3.63) is 29.3 Å². The second-order valence-electron chi connectivity index (χ2n) is 5.87. The van der Waals surface area contributed by atoms with Gasteiger partial charge >= 0.3 is 0 Å². The number of benzene rings is 1. The highest BCUT2D eigenvalue weighted by Gasteiger charge is 2.24. The lowest BCUT2D eigenvalue weighted by Gasteiger charge is -2.20. The van der Waals surface area contributed by atoms with Crippen LogP contribution in [-0.4, -0.2) is 23.5 Å².